The quantitative estimate of drug-likeness (QED) is 0.802. The van der Waals surface area contributed by atoms with E-state index in [0.717, 1.165) is 23.2 Å². The van der Waals surface area contributed by atoms with Gasteiger partial charge in [-0.3, -0.25) is 0 Å². The summed E-state index contributed by atoms with van der Waals surface area (Å²) < 4.78 is 5.29. The van der Waals surface area contributed by atoms with Gasteiger partial charge in [0.2, 0.25) is 0 Å². The SMILES string of the molecule is CCc1c(O)cc(C)cc1NC1=NCCO1. The molecular formula is C12H16N2O2. The molecule has 0 radical (unpaired) electrons. The highest BCUT2D eigenvalue weighted by Crippen LogP contribution is 2.28. The number of hydrogen-bond donors (Lipinski definition) is 2. The predicted octanol–water partition coefficient (Wildman–Crippen LogP) is 2.06. The van der Waals surface area contributed by atoms with Gasteiger partial charge < -0.3 is 15.2 Å². The summed E-state index contributed by atoms with van der Waals surface area (Å²) in [5.41, 5.74) is 2.78. The van der Waals surface area contributed by atoms with Crippen LogP contribution in [0.2, 0.25) is 0 Å². The van der Waals surface area contributed by atoms with E-state index < -0.39 is 0 Å². The highest BCUT2D eigenvalue weighted by molar-refractivity contribution is 5.91. The number of hydrogen-bond acceptors (Lipinski definition) is 4. The molecule has 1 aliphatic rings. The van der Waals surface area contributed by atoms with Gasteiger partial charge in [-0.25, -0.2) is 4.99 Å². The van der Waals surface area contributed by atoms with Gasteiger partial charge in [0.15, 0.2) is 0 Å². The van der Waals surface area contributed by atoms with Gasteiger partial charge in [0.05, 0.1) is 6.54 Å². The standard InChI is InChI=1S/C12H16N2O2/c1-3-9-10(6-8(2)7-11(9)15)14-12-13-4-5-16-12/h6-7,15H,3-5H2,1-2H3,(H,13,14). The second-order valence-electron chi connectivity index (χ2n) is 3.82. The van der Waals surface area contributed by atoms with Crippen molar-refractivity contribution in [3.05, 3.63) is 23.3 Å². The lowest BCUT2D eigenvalue weighted by Crippen LogP contribution is -2.13. The molecule has 1 aromatic rings. The molecule has 0 saturated heterocycles. The van der Waals surface area contributed by atoms with Crippen LogP contribution in [-0.2, 0) is 11.2 Å². The van der Waals surface area contributed by atoms with Gasteiger partial charge in [0.1, 0.15) is 12.4 Å². The molecule has 0 atom stereocenters. The van der Waals surface area contributed by atoms with Crippen LogP contribution in [0.1, 0.15) is 18.1 Å². The molecule has 86 valence electrons. The van der Waals surface area contributed by atoms with Gasteiger partial charge in [-0.05, 0) is 31.0 Å². The van der Waals surface area contributed by atoms with E-state index in [-0.39, 0.29) is 0 Å². The molecule has 4 heteroatoms. The van der Waals surface area contributed by atoms with E-state index in [9.17, 15) is 5.11 Å². The topological polar surface area (TPSA) is 53.8 Å². The summed E-state index contributed by atoms with van der Waals surface area (Å²) in [5.74, 6) is 0.323. The molecule has 0 amide bonds. The first-order chi connectivity index (χ1) is 7.70. The molecule has 0 saturated carbocycles. The van der Waals surface area contributed by atoms with Gasteiger partial charge in [-0.15, -0.1) is 0 Å². The van der Waals surface area contributed by atoms with Gasteiger partial charge in [0, 0.05) is 11.3 Å². The third kappa shape index (κ3) is 2.10. The number of aryl methyl sites for hydroxylation is 1. The number of benzene rings is 1. The van der Waals surface area contributed by atoms with Gasteiger partial charge in [-0.2, -0.15) is 0 Å². The Morgan fingerprint density at radius 3 is 2.94 bits per heavy atom. The van der Waals surface area contributed by atoms with Crippen molar-refractivity contribution < 1.29 is 9.84 Å². The van der Waals surface area contributed by atoms with Crippen molar-refractivity contribution in [2.45, 2.75) is 20.3 Å². The highest BCUT2D eigenvalue weighted by Gasteiger charge is 2.12. The Balaban J connectivity index is 2.30. The number of amidine groups is 1. The second-order valence-corrected chi connectivity index (χ2v) is 3.82. The Morgan fingerprint density at radius 1 is 1.50 bits per heavy atom. The Kier molecular flexibility index (Phi) is 2.99. The van der Waals surface area contributed by atoms with Crippen LogP contribution >= 0.6 is 0 Å². The van der Waals surface area contributed by atoms with E-state index in [4.69, 9.17) is 4.74 Å². The molecule has 0 unspecified atom stereocenters. The lowest BCUT2D eigenvalue weighted by molar-refractivity contribution is 0.346. The number of aromatic hydroxyl groups is 1. The monoisotopic (exact) mass is 220 g/mol. The Bertz CT molecular complexity index is 427. The highest BCUT2D eigenvalue weighted by atomic mass is 16.5. The van der Waals surface area contributed by atoms with Crippen molar-refractivity contribution >= 4 is 11.7 Å². The van der Waals surface area contributed by atoms with Crippen LogP contribution in [0.5, 0.6) is 5.75 Å². The molecule has 1 aliphatic heterocycles. The third-order valence-corrected chi connectivity index (χ3v) is 2.55. The Morgan fingerprint density at radius 2 is 2.31 bits per heavy atom. The predicted molar refractivity (Wildman–Crippen MR) is 64.1 cm³/mol. The summed E-state index contributed by atoms with van der Waals surface area (Å²) in [7, 11) is 0. The van der Waals surface area contributed by atoms with E-state index in [0.29, 0.717) is 24.9 Å². The largest absolute Gasteiger partial charge is 0.508 e. The van der Waals surface area contributed by atoms with Crippen molar-refractivity contribution in [1.82, 2.24) is 0 Å². The minimum absolute atomic E-state index is 0.323. The Hall–Kier alpha value is -1.71. The molecule has 0 bridgehead atoms. The van der Waals surface area contributed by atoms with E-state index in [1.165, 1.54) is 0 Å². The minimum Gasteiger partial charge on any atom is -0.508 e. The first-order valence-corrected chi connectivity index (χ1v) is 5.47. The van der Waals surface area contributed by atoms with Crippen LogP contribution in [0, 0.1) is 6.92 Å². The smallest absolute Gasteiger partial charge is 0.289 e. The summed E-state index contributed by atoms with van der Waals surface area (Å²) in [6.07, 6.45) is 0.766. The maximum absolute atomic E-state index is 9.83. The van der Waals surface area contributed by atoms with Crippen molar-refractivity contribution in [1.29, 1.82) is 0 Å². The maximum Gasteiger partial charge on any atom is 0.289 e. The van der Waals surface area contributed by atoms with E-state index in [2.05, 4.69) is 10.3 Å². The van der Waals surface area contributed by atoms with Gasteiger partial charge >= 0.3 is 0 Å². The molecule has 0 fully saturated rings. The summed E-state index contributed by atoms with van der Waals surface area (Å²) in [4.78, 5) is 4.17. The summed E-state index contributed by atoms with van der Waals surface area (Å²) >= 11 is 0. The lowest BCUT2D eigenvalue weighted by atomic mass is 10.1. The van der Waals surface area contributed by atoms with Crippen LogP contribution in [0.15, 0.2) is 17.1 Å². The molecule has 2 rings (SSSR count). The van der Waals surface area contributed by atoms with E-state index in [1.807, 2.05) is 19.9 Å². The average Bonchev–Trinajstić information content (AvgIpc) is 2.70. The zero-order valence-corrected chi connectivity index (χ0v) is 9.58. The first kappa shape index (κ1) is 10.8. The zero-order valence-electron chi connectivity index (χ0n) is 9.58. The molecule has 0 aromatic heterocycles. The van der Waals surface area contributed by atoms with Gasteiger partial charge in [0.25, 0.3) is 6.02 Å². The molecule has 1 aromatic carbocycles. The molecule has 4 nitrogen and oxygen atoms in total. The first-order valence-electron chi connectivity index (χ1n) is 5.47. The number of aliphatic imine (C=N–C) groups is 1. The number of nitrogens with one attached hydrogen (secondary N) is 1. The average molecular weight is 220 g/mol. The van der Waals surface area contributed by atoms with Crippen molar-refractivity contribution in [2.24, 2.45) is 4.99 Å². The molecule has 0 spiro atoms. The molecule has 0 aliphatic carbocycles. The van der Waals surface area contributed by atoms with Crippen LogP contribution in [-0.4, -0.2) is 24.3 Å². The fourth-order valence-electron chi connectivity index (χ4n) is 1.81. The number of anilines is 1. The number of phenolic OH excluding ortho intramolecular Hbond substituents is 1. The van der Waals surface area contributed by atoms with Crippen LogP contribution in [0.3, 0.4) is 0 Å². The van der Waals surface area contributed by atoms with Crippen molar-refractivity contribution in [3.63, 3.8) is 0 Å². The zero-order chi connectivity index (χ0) is 11.5. The van der Waals surface area contributed by atoms with Crippen molar-refractivity contribution in [2.75, 3.05) is 18.5 Å². The molecule has 1 heterocycles. The number of phenols is 1. The van der Waals surface area contributed by atoms with E-state index >= 15 is 0 Å². The number of ether oxygens (including phenoxy) is 1. The van der Waals surface area contributed by atoms with Crippen molar-refractivity contribution in [3.8, 4) is 5.75 Å². The van der Waals surface area contributed by atoms with Crippen LogP contribution in [0.25, 0.3) is 0 Å². The number of nitrogens with zero attached hydrogens (tertiary/aromatic N) is 1. The third-order valence-electron chi connectivity index (χ3n) is 2.55. The minimum atomic E-state index is 0.323. The number of rotatable bonds is 2. The van der Waals surface area contributed by atoms with Gasteiger partial charge in [-0.1, -0.05) is 6.92 Å². The van der Waals surface area contributed by atoms with Crippen LogP contribution in [0.4, 0.5) is 5.69 Å². The summed E-state index contributed by atoms with van der Waals surface area (Å²) in [6.45, 7) is 5.28. The van der Waals surface area contributed by atoms with Crippen LogP contribution < -0.4 is 5.32 Å². The fraction of sp³-hybridized carbons (Fsp3) is 0.417. The summed E-state index contributed by atoms with van der Waals surface area (Å²) in [5, 5.41) is 12.9. The Labute approximate surface area is 95.0 Å². The molecule has 2 N–H and O–H groups in total. The normalized spacial score (nSPS) is 14.5. The second kappa shape index (κ2) is 4.43. The fourth-order valence-corrected chi connectivity index (χ4v) is 1.81. The van der Waals surface area contributed by atoms with E-state index in [1.54, 1.807) is 6.07 Å². The lowest BCUT2D eigenvalue weighted by Gasteiger charge is -2.13. The molecule has 16 heavy (non-hydrogen) atoms. The summed E-state index contributed by atoms with van der Waals surface area (Å²) in [6, 6.07) is 4.30. The molecular weight excluding hydrogens is 204 g/mol. The maximum atomic E-state index is 9.83.